The lowest BCUT2D eigenvalue weighted by Gasteiger charge is -2.19. The van der Waals surface area contributed by atoms with Crippen LogP contribution in [0, 0.1) is 5.92 Å². The molecule has 2 N–H and O–H groups in total. The first-order chi connectivity index (χ1) is 17.7. The van der Waals surface area contributed by atoms with Crippen molar-refractivity contribution in [3.8, 4) is 0 Å². The number of sulfonamides is 1. The summed E-state index contributed by atoms with van der Waals surface area (Å²) in [6.07, 6.45) is 7.94. The molecule has 8 nitrogen and oxygen atoms in total. The van der Waals surface area contributed by atoms with Gasteiger partial charge >= 0.3 is 0 Å². The summed E-state index contributed by atoms with van der Waals surface area (Å²) in [6.45, 7) is 2.81. The number of hydrogen-bond acceptors (Lipinski definition) is 6. The van der Waals surface area contributed by atoms with Crippen LogP contribution < -0.4 is 10.0 Å². The minimum Gasteiger partial charge on any atom is -0.313 e. The average Bonchev–Trinajstić information content (AvgIpc) is 3.52. The van der Waals surface area contributed by atoms with Crippen LogP contribution in [0.25, 0.3) is 11.0 Å². The fraction of sp³-hybridized carbons (Fsp3) is 0.500. The van der Waals surface area contributed by atoms with E-state index in [-0.39, 0.29) is 23.1 Å². The van der Waals surface area contributed by atoms with Crippen molar-refractivity contribution in [2.24, 2.45) is 5.92 Å². The minimum absolute atomic E-state index is 0.0211. The first-order valence-electron chi connectivity index (χ1n) is 12.8. The number of pyridine rings is 1. The Morgan fingerprint density at radius 3 is 2.54 bits per heavy atom. The van der Waals surface area contributed by atoms with Crippen molar-refractivity contribution >= 4 is 42.7 Å². The Bertz CT molecular complexity index is 1470. The fourth-order valence-corrected chi connectivity index (χ4v) is 8.65. The molecule has 200 valence electrons. The van der Waals surface area contributed by atoms with Crippen molar-refractivity contribution in [1.82, 2.24) is 19.0 Å². The van der Waals surface area contributed by atoms with E-state index in [1.807, 2.05) is 18.2 Å². The molecular weight excluding hydrogens is 532 g/mol. The van der Waals surface area contributed by atoms with Crippen LogP contribution in [-0.4, -0.2) is 49.7 Å². The highest BCUT2D eigenvalue weighted by atomic mass is 35.5. The number of nitrogens with zero attached hydrogens (tertiary/aromatic N) is 2. The third-order valence-electron chi connectivity index (χ3n) is 7.49. The zero-order valence-corrected chi connectivity index (χ0v) is 23.2. The van der Waals surface area contributed by atoms with E-state index in [0.717, 1.165) is 37.7 Å². The first-order valence-corrected chi connectivity index (χ1v) is 16.4. The lowest BCUT2D eigenvalue weighted by molar-refractivity contribution is 0.393. The van der Waals surface area contributed by atoms with Gasteiger partial charge in [0.2, 0.25) is 20.0 Å². The molecule has 0 spiro atoms. The summed E-state index contributed by atoms with van der Waals surface area (Å²) in [5, 5.41) is 4.52. The second-order valence-corrected chi connectivity index (χ2v) is 14.4. The Kier molecular flexibility index (Phi) is 7.66. The SMILES string of the molecule is CC[C@@H]1C[C@H](NS(=O)(=O)C2CC2)C[C@@H]1NCCc1cnc2c(ccn2S(=O)(=O)Cc2ccccc2)c1Cl. The van der Waals surface area contributed by atoms with Gasteiger partial charge in [-0.25, -0.2) is 30.5 Å². The first kappa shape index (κ1) is 26.6. The van der Waals surface area contributed by atoms with Crippen LogP contribution >= 0.6 is 11.6 Å². The largest absolute Gasteiger partial charge is 0.313 e. The van der Waals surface area contributed by atoms with Crippen molar-refractivity contribution in [2.45, 2.75) is 68.5 Å². The Labute approximate surface area is 223 Å². The van der Waals surface area contributed by atoms with Gasteiger partial charge in [-0.3, -0.25) is 0 Å². The second-order valence-electron chi connectivity index (χ2n) is 10.2. The molecule has 0 bridgehead atoms. The Morgan fingerprint density at radius 2 is 1.84 bits per heavy atom. The van der Waals surface area contributed by atoms with Crippen LogP contribution in [0.15, 0.2) is 48.8 Å². The Hall–Kier alpha value is -1.98. The van der Waals surface area contributed by atoms with Crippen molar-refractivity contribution < 1.29 is 16.8 Å². The van der Waals surface area contributed by atoms with Crippen LogP contribution in [0.4, 0.5) is 0 Å². The van der Waals surface area contributed by atoms with E-state index in [1.165, 1.54) is 10.2 Å². The van der Waals surface area contributed by atoms with Gasteiger partial charge in [0.05, 0.1) is 16.0 Å². The molecule has 2 aromatic heterocycles. The van der Waals surface area contributed by atoms with Crippen LogP contribution in [0.2, 0.25) is 5.02 Å². The van der Waals surface area contributed by atoms with Crippen molar-refractivity contribution in [1.29, 1.82) is 0 Å². The highest BCUT2D eigenvalue weighted by Crippen LogP contribution is 2.33. The number of fused-ring (bicyclic) bond motifs is 1. The van der Waals surface area contributed by atoms with Gasteiger partial charge in [-0.1, -0.05) is 55.3 Å². The summed E-state index contributed by atoms with van der Waals surface area (Å²) in [4.78, 5) is 4.46. The smallest absolute Gasteiger partial charge is 0.244 e. The molecule has 1 aromatic carbocycles. The molecule has 2 fully saturated rings. The quantitative estimate of drug-likeness (QED) is 0.366. The molecule has 11 heteroatoms. The Balaban J connectivity index is 1.23. The predicted molar refractivity (Wildman–Crippen MR) is 147 cm³/mol. The molecule has 0 amide bonds. The van der Waals surface area contributed by atoms with Gasteiger partial charge in [0, 0.05) is 29.9 Å². The third kappa shape index (κ3) is 5.88. The highest BCUT2D eigenvalue weighted by Gasteiger charge is 2.40. The molecule has 0 radical (unpaired) electrons. The standard InChI is InChI=1S/C26H33ClN4O4S2/c1-2-19-14-21(30-37(34,35)22-8-9-22)15-24(19)28-12-10-20-16-29-26-23(25(20)27)11-13-31(26)36(32,33)17-18-6-4-3-5-7-18/h3-7,11,13,16,19,21-22,24,28,30H,2,8-10,12,14-15,17H2,1H3/t19-,21+,24+/m1/s1. The van der Waals surface area contributed by atoms with Crippen molar-refractivity contribution in [3.05, 3.63) is 64.9 Å². The van der Waals surface area contributed by atoms with Gasteiger partial charge in [-0.05, 0) is 61.8 Å². The lowest BCUT2D eigenvalue weighted by atomic mass is 10.0. The second kappa shape index (κ2) is 10.6. The van der Waals surface area contributed by atoms with E-state index in [1.54, 1.807) is 24.4 Å². The topological polar surface area (TPSA) is 110 Å². The van der Waals surface area contributed by atoms with E-state index < -0.39 is 20.0 Å². The van der Waals surface area contributed by atoms with Gasteiger partial charge in [-0.15, -0.1) is 0 Å². The summed E-state index contributed by atoms with van der Waals surface area (Å²) < 4.78 is 54.9. The maximum atomic E-state index is 13.0. The number of benzene rings is 1. The number of hydrogen-bond donors (Lipinski definition) is 2. The molecule has 2 aliphatic carbocycles. The fourth-order valence-electron chi connectivity index (χ4n) is 5.35. The molecule has 0 aliphatic heterocycles. The minimum atomic E-state index is -3.65. The summed E-state index contributed by atoms with van der Waals surface area (Å²) in [7, 11) is -6.84. The molecule has 37 heavy (non-hydrogen) atoms. The van der Waals surface area contributed by atoms with Gasteiger partial charge in [0.25, 0.3) is 0 Å². The van der Waals surface area contributed by atoms with Gasteiger partial charge < -0.3 is 5.32 Å². The zero-order valence-electron chi connectivity index (χ0n) is 20.8. The molecule has 3 atom stereocenters. The predicted octanol–water partition coefficient (Wildman–Crippen LogP) is 3.84. The van der Waals surface area contributed by atoms with E-state index in [0.29, 0.717) is 40.5 Å². The third-order valence-corrected chi connectivity index (χ3v) is 11.5. The normalized spacial score (nSPS) is 22.6. The number of aromatic nitrogens is 2. The molecule has 2 aliphatic rings. The van der Waals surface area contributed by atoms with Crippen LogP contribution in [0.3, 0.4) is 0 Å². The molecule has 2 saturated carbocycles. The molecule has 0 unspecified atom stereocenters. The van der Waals surface area contributed by atoms with Gasteiger partial charge in [0.1, 0.15) is 0 Å². The maximum Gasteiger partial charge on any atom is 0.244 e. The molecule has 0 saturated heterocycles. The molecule has 3 aromatic rings. The van der Waals surface area contributed by atoms with Crippen molar-refractivity contribution in [2.75, 3.05) is 6.54 Å². The van der Waals surface area contributed by atoms with E-state index in [4.69, 9.17) is 11.6 Å². The summed E-state index contributed by atoms with van der Waals surface area (Å²) in [5.41, 5.74) is 1.88. The van der Waals surface area contributed by atoms with Gasteiger partial charge in [-0.2, -0.15) is 0 Å². The number of nitrogens with one attached hydrogen (secondary N) is 2. The summed E-state index contributed by atoms with van der Waals surface area (Å²) >= 11 is 6.70. The van der Waals surface area contributed by atoms with E-state index in [2.05, 4.69) is 21.9 Å². The van der Waals surface area contributed by atoms with Crippen LogP contribution in [0.5, 0.6) is 0 Å². The van der Waals surface area contributed by atoms with Crippen LogP contribution in [-0.2, 0) is 32.2 Å². The molecule has 2 heterocycles. The van der Waals surface area contributed by atoms with Gasteiger partial charge in [0.15, 0.2) is 5.65 Å². The Morgan fingerprint density at radius 1 is 1.08 bits per heavy atom. The number of halogens is 1. The number of rotatable bonds is 11. The lowest BCUT2D eigenvalue weighted by Crippen LogP contribution is -2.37. The molecule has 5 rings (SSSR count). The maximum absolute atomic E-state index is 13.0. The summed E-state index contributed by atoms with van der Waals surface area (Å²) in [6, 6.07) is 11.0. The average molecular weight is 565 g/mol. The monoisotopic (exact) mass is 564 g/mol. The molecular formula is C26H33ClN4O4S2. The van der Waals surface area contributed by atoms with Crippen molar-refractivity contribution in [3.63, 3.8) is 0 Å². The zero-order chi connectivity index (χ0) is 26.2. The van der Waals surface area contributed by atoms with Crippen LogP contribution in [0.1, 0.15) is 50.2 Å². The van der Waals surface area contributed by atoms with E-state index >= 15 is 0 Å². The highest BCUT2D eigenvalue weighted by molar-refractivity contribution is 7.90. The van der Waals surface area contributed by atoms with E-state index in [9.17, 15) is 16.8 Å². The summed E-state index contributed by atoms with van der Waals surface area (Å²) in [5.74, 6) is 0.284.